The van der Waals surface area contributed by atoms with Crippen LogP contribution in [-0.4, -0.2) is 43.8 Å². The van der Waals surface area contributed by atoms with Gasteiger partial charge in [-0.3, -0.25) is 9.59 Å². The first-order valence-electron chi connectivity index (χ1n) is 6.13. The number of likely N-dealkylation sites (N-methyl/N-ethyl adjacent to an activating group) is 2. The van der Waals surface area contributed by atoms with Crippen molar-refractivity contribution < 1.29 is 9.59 Å². The number of carbonyl (C=O) groups excluding carboxylic acids is 2. The van der Waals surface area contributed by atoms with Crippen LogP contribution in [0.3, 0.4) is 0 Å². The SMILES string of the molecule is CCC(=O)c1ccc(C(=O)N(C)CCNC)cc1. The number of hydrogen-bond acceptors (Lipinski definition) is 3. The Morgan fingerprint density at radius 1 is 1.17 bits per heavy atom. The van der Waals surface area contributed by atoms with Crippen molar-refractivity contribution in [3.8, 4) is 0 Å². The Balaban J connectivity index is 2.72. The standard InChI is InChI=1S/C14H20N2O2/c1-4-13(17)11-5-7-12(8-6-11)14(18)16(3)10-9-15-2/h5-8,15H,4,9-10H2,1-3H3. The molecule has 0 aliphatic rings. The highest BCUT2D eigenvalue weighted by Crippen LogP contribution is 2.08. The van der Waals surface area contributed by atoms with Crippen LogP contribution in [0.1, 0.15) is 34.1 Å². The highest BCUT2D eigenvalue weighted by Gasteiger charge is 2.11. The van der Waals surface area contributed by atoms with Crippen LogP contribution in [0, 0.1) is 0 Å². The summed E-state index contributed by atoms with van der Waals surface area (Å²) in [4.78, 5) is 25.1. The second-order valence-corrected chi connectivity index (χ2v) is 4.18. The highest BCUT2D eigenvalue weighted by atomic mass is 16.2. The van der Waals surface area contributed by atoms with Gasteiger partial charge in [0.15, 0.2) is 5.78 Å². The molecular formula is C14H20N2O2. The van der Waals surface area contributed by atoms with Crippen molar-refractivity contribution in [1.29, 1.82) is 0 Å². The van der Waals surface area contributed by atoms with Crippen LogP contribution in [0.2, 0.25) is 0 Å². The van der Waals surface area contributed by atoms with Crippen molar-refractivity contribution in [2.75, 3.05) is 27.2 Å². The molecule has 0 aromatic heterocycles. The maximum atomic E-state index is 12.0. The Hall–Kier alpha value is -1.68. The first-order valence-corrected chi connectivity index (χ1v) is 6.13. The molecule has 0 heterocycles. The van der Waals surface area contributed by atoms with E-state index in [0.29, 0.717) is 24.1 Å². The summed E-state index contributed by atoms with van der Waals surface area (Å²) in [5.41, 5.74) is 1.27. The molecule has 1 aromatic rings. The predicted octanol–water partition coefficient (Wildman–Crippen LogP) is 1.57. The third-order valence-corrected chi connectivity index (χ3v) is 2.82. The van der Waals surface area contributed by atoms with Crippen molar-refractivity contribution in [2.45, 2.75) is 13.3 Å². The van der Waals surface area contributed by atoms with Gasteiger partial charge in [-0.1, -0.05) is 19.1 Å². The Bertz CT molecular complexity index is 412. The van der Waals surface area contributed by atoms with E-state index in [1.807, 2.05) is 14.0 Å². The van der Waals surface area contributed by atoms with Crippen LogP contribution < -0.4 is 5.32 Å². The zero-order valence-corrected chi connectivity index (χ0v) is 11.2. The lowest BCUT2D eigenvalue weighted by Gasteiger charge is -2.16. The van der Waals surface area contributed by atoms with E-state index < -0.39 is 0 Å². The fourth-order valence-corrected chi connectivity index (χ4v) is 1.60. The van der Waals surface area contributed by atoms with Crippen molar-refractivity contribution >= 4 is 11.7 Å². The van der Waals surface area contributed by atoms with Gasteiger partial charge in [0.1, 0.15) is 0 Å². The highest BCUT2D eigenvalue weighted by molar-refractivity contribution is 5.98. The molecule has 0 spiro atoms. The molecule has 1 aromatic carbocycles. The average molecular weight is 248 g/mol. The van der Waals surface area contributed by atoms with Crippen LogP contribution in [0.5, 0.6) is 0 Å². The minimum absolute atomic E-state index is 0.0271. The van der Waals surface area contributed by atoms with Gasteiger partial charge in [-0.05, 0) is 19.2 Å². The van der Waals surface area contributed by atoms with E-state index in [2.05, 4.69) is 5.32 Å². The van der Waals surface area contributed by atoms with Crippen molar-refractivity contribution in [3.63, 3.8) is 0 Å². The number of rotatable bonds is 6. The summed E-state index contributed by atoms with van der Waals surface area (Å²) in [7, 11) is 3.62. The summed E-state index contributed by atoms with van der Waals surface area (Å²) >= 11 is 0. The van der Waals surface area contributed by atoms with Crippen LogP contribution in [-0.2, 0) is 0 Å². The molecule has 1 rings (SSSR count). The van der Waals surface area contributed by atoms with E-state index in [1.54, 1.807) is 36.2 Å². The van der Waals surface area contributed by atoms with E-state index in [9.17, 15) is 9.59 Å². The quantitative estimate of drug-likeness (QED) is 0.777. The lowest BCUT2D eigenvalue weighted by Crippen LogP contribution is -2.32. The molecule has 98 valence electrons. The van der Waals surface area contributed by atoms with Gasteiger partial charge in [0.2, 0.25) is 0 Å². The van der Waals surface area contributed by atoms with Crippen LogP contribution >= 0.6 is 0 Å². The topological polar surface area (TPSA) is 49.4 Å². The smallest absolute Gasteiger partial charge is 0.253 e. The first-order chi connectivity index (χ1) is 8.60. The Kier molecular flexibility index (Phi) is 5.52. The first kappa shape index (κ1) is 14.4. The minimum Gasteiger partial charge on any atom is -0.340 e. The second-order valence-electron chi connectivity index (χ2n) is 4.18. The van der Waals surface area contributed by atoms with Crippen LogP contribution in [0.25, 0.3) is 0 Å². The minimum atomic E-state index is -0.0271. The molecule has 0 unspecified atom stereocenters. The lowest BCUT2D eigenvalue weighted by atomic mass is 10.1. The van der Waals surface area contributed by atoms with Gasteiger partial charge in [-0.15, -0.1) is 0 Å². The molecule has 1 N–H and O–H groups in total. The molecule has 0 bridgehead atoms. The molecule has 0 aliphatic carbocycles. The fourth-order valence-electron chi connectivity index (χ4n) is 1.60. The van der Waals surface area contributed by atoms with Gasteiger partial charge >= 0.3 is 0 Å². The normalized spacial score (nSPS) is 10.2. The van der Waals surface area contributed by atoms with Gasteiger partial charge in [0.25, 0.3) is 5.91 Å². The number of nitrogens with zero attached hydrogens (tertiary/aromatic N) is 1. The summed E-state index contributed by atoms with van der Waals surface area (Å²) in [6.45, 7) is 3.24. The molecule has 0 aliphatic heterocycles. The van der Waals surface area contributed by atoms with E-state index in [4.69, 9.17) is 0 Å². The van der Waals surface area contributed by atoms with Crippen molar-refractivity contribution in [1.82, 2.24) is 10.2 Å². The van der Waals surface area contributed by atoms with Crippen molar-refractivity contribution in [2.24, 2.45) is 0 Å². The van der Waals surface area contributed by atoms with Gasteiger partial charge < -0.3 is 10.2 Å². The molecular weight excluding hydrogens is 228 g/mol. The molecule has 1 amide bonds. The summed E-state index contributed by atoms with van der Waals surface area (Å²) in [6, 6.07) is 6.85. The molecule has 18 heavy (non-hydrogen) atoms. The van der Waals surface area contributed by atoms with Crippen molar-refractivity contribution in [3.05, 3.63) is 35.4 Å². The zero-order chi connectivity index (χ0) is 13.5. The molecule has 4 nitrogen and oxygen atoms in total. The zero-order valence-electron chi connectivity index (χ0n) is 11.2. The van der Waals surface area contributed by atoms with E-state index in [1.165, 1.54) is 0 Å². The van der Waals surface area contributed by atoms with E-state index >= 15 is 0 Å². The maximum absolute atomic E-state index is 12.0. The number of carbonyl (C=O) groups is 2. The average Bonchev–Trinajstić information content (AvgIpc) is 2.43. The van der Waals surface area contributed by atoms with Gasteiger partial charge in [0, 0.05) is 37.7 Å². The summed E-state index contributed by atoms with van der Waals surface area (Å²) < 4.78 is 0. The molecule has 0 radical (unpaired) electrons. The monoisotopic (exact) mass is 248 g/mol. The van der Waals surface area contributed by atoms with Crippen LogP contribution in [0.4, 0.5) is 0 Å². The summed E-state index contributed by atoms with van der Waals surface area (Å²) in [5.74, 6) is 0.0679. The van der Waals surface area contributed by atoms with Gasteiger partial charge in [-0.25, -0.2) is 0 Å². The number of nitrogens with one attached hydrogen (secondary N) is 1. The predicted molar refractivity (Wildman–Crippen MR) is 72.0 cm³/mol. The molecule has 0 saturated heterocycles. The van der Waals surface area contributed by atoms with E-state index in [0.717, 1.165) is 6.54 Å². The Labute approximate surface area is 108 Å². The number of hydrogen-bond donors (Lipinski definition) is 1. The fraction of sp³-hybridized carbons (Fsp3) is 0.429. The number of Topliss-reactive ketones (excluding diaryl/α,β-unsaturated/α-hetero) is 1. The molecule has 4 heteroatoms. The summed E-state index contributed by atoms with van der Waals surface area (Å²) in [5, 5.41) is 3.00. The Morgan fingerprint density at radius 3 is 2.22 bits per heavy atom. The maximum Gasteiger partial charge on any atom is 0.253 e. The van der Waals surface area contributed by atoms with Gasteiger partial charge in [-0.2, -0.15) is 0 Å². The largest absolute Gasteiger partial charge is 0.340 e. The third-order valence-electron chi connectivity index (χ3n) is 2.82. The van der Waals surface area contributed by atoms with Gasteiger partial charge in [0.05, 0.1) is 0 Å². The molecule has 0 saturated carbocycles. The number of amides is 1. The third kappa shape index (κ3) is 3.67. The second kappa shape index (κ2) is 6.91. The number of benzene rings is 1. The number of ketones is 1. The summed E-state index contributed by atoms with van der Waals surface area (Å²) in [6.07, 6.45) is 0.482. The van der Waals surface area contributed by atoms with E-state index in [-0.39, 0.29) is 11.7 Å². The lowest BCUT2D eigenvalue weighted by molar-refractivity contribution is 0.0796. The molecule has 0 atom stereocenters. The molecule has 0 fully saturated rings. The van der Waals surface area contributed by atoms with Crippen LogP contribution in [0.15, 0.2) is 24.3 Å². The Morgan fingerprint density at radius 2 is 1.72 bits per heavy atom.